The minimum atomic E-state index is -0.697. The highest BCUT2D eigenvalue weighted by atomic mass is 16.5. The van der Waals surface area contributed by atoms with Gasteiger partial charge < -0.3 is 15.2 Å². The van der Waals surface area contributed by atoms with Crippen molar-refractivity contribution in [2.45, 2.75) is 13.0 Å². The van der Waals surface area contributed by atoms with Gasteiger partial charge in [-0.2, -0.15) is 0 Å². The maximum absolute atomic E-state index is 11.3. The fourth-order valence-corrected chi connectivity index (χ4v) is 2.55. The van der Waals surface area contributed by atoms with Crippen LogP contribution in [0.3, 0.4) is 0 Å². The molecule has 1 aromatic heterocycles. The number of hydrogen-bond donors (Lipinski definition) is 1. The van der Waals surface area contributed by atoms with Crippen molar-refractivity contribution in [1.29, 1.82) is 0 Å². The third-order valence-corrected chi connectivity index (χ3v) is 3.85. The normalized spacial score (nSPS) is 11.9. The van der Waals surface area contributed by atoms with Crippen LogP contribution in [0.1, 0.15) is 6.92 Å². The first-order chi connectivity index (χ1) is 11.6. The highest BCUT2D eigenvalue weighted by Crippen LogP contribution is 2.35. The number of primary amides is 1. The molecule has 5 heteroatoms. The van der Waals surface area contributed by atoms with E-state index in [4.69, 9.17) is 15.2 Å². The van der Waals surface area contributed by atoms with Crippen molar-refractivity contribution < 1.29 is 14.3 Å². The summed E-state index contributed by atoms with van der Waals surface area (Å²) in [6.07, 6.45) is 2.76. The summed E-state index contributed by atoms with van der Waals surface area (Å²) in [5.41, 5.74) is 7.25. The number of carbonyl (C=O) groups is 1. The number of amides is 1. The zero-order valence-electron chi connectivity index (χ0n) is 13.5. The monoisotopic (exact) mass is 322 g/mol. The van der Waals surface area contributed by atoms with Crippen molar-refractivity contribution in [3.8, 4) is 22.6 Å². The van der Waals surface area contributed by atoms with E-state index in [-0.39, 0.29) is 0 Å². The SMILES string of the molecule is COc1cncc(-c2ccc(OC(C)C(N)=O)c3ccccc23)c1. The van der Waals surface area contributed by atoms with E-state index in [0.29, 0.717) is 11.5 Å². The number of aromatic nitrogens is 1. The number of pyridine rings is 1. The molecule has 0 radical (unpaired) electrons. The van der Waals surface area contributed by atoms with Gasteiger partial charge in [-0.3, -0.25) is 9.78 Å². The molecule has 122 valence electrons. The minimum absolute atomic E-state index is 0.500. The van der Waals surface area contributed by atoms with Gasteiger partial charge in [0.15, 0.2) is 6.10 Å². The van der Waals surface area contributed by atoms with Crippen LogP contribution in [0, 0.1) is 0 Å². The highest BCUT2D eigenvalue weighted by molar-refractivity contribution is 6.00. The summed E-state index contributed by atoms with van der Waals surface area (Å²) in [5, 5.41) is 1.91. The highest BCUT2D eigenvalue weighted by Gasteiger charge is 2.14. The molecule has 2 aromatic carbocycles. The van der Waals surface area contributed by atoms with Crippen LogP contribution in [0.25, 0.3) is 21.9 Å². The van der Waals surface area contributed by atoms with Crippen molar-refractivity contribution >= 4 is 16.7 Å². The van der Waals surface area contributed by atoms with Crippen LogP contribution in [0.2, 0.25) is 0 Å². The zero-order valence-corrected chi connectivity index (χ0v) is 13.5. The average molecular weight is 322 g/mol. The Bertz CT molecular complexity index is 893. The molecule has 0 saturated heterocycles. The second-order valence-corrected chi connectivity index (χ2v) is 5.43. The van der Waals surface area contributed by atoms with Gasteiger partial charge in [0.1, 0.15) is 11.5 Å². The van der Waals surface area contributed by atoms with Crippen LogP contribution in [-0.4, -0.2) is 24.1 Å². The molecule has 1 amide bonds. The molecule has 24 heavy (non-hydrogen) atoms. The maximum Gasteiger partial charge on any atom is 0.258 e. The summed E-state index contributed by atoms with van der Waals surface area (Å²) < 4.78 is 11.0. The molecule has 1 atom stereocenters. The summed E-state index contributed by atoms with van der Waals surface area (Å²) >= 11 is 0. The number of fused-ring (bicyclic) bond motifs is 1. The lowest BCUT2D eigenvalue weighted by molar-refractivity contribution is -0.123. The lowest BCUT2D eigenvalue weighted by Gasteiger charge is -2.15. The molecule has 5 nitrogen and oxygen atoms in total. The van der Waals surface area contributed by atoms with Gasteiger partial charge >= 0.3 is 0 Å². The molecular formula is C19H18N2O3. The number of rotatable bonds is 5. The molecule has 1 unspecified atom stereocenters. The fraction of sp³-hybridized carbons (Fsp3) is 0.158. The molecule has 2 N–H and O–H groups in total. The molecule has 0 aliphatic heterocycles. The number of methoxy groups -OCH3 is 1. The van der Waals surface area contributed by atoms with Crippen LogP contribution in [0.5, 0.6) is 11.5 Å². The van der Waals surface area contributed by atoms with Crippen LogP contribution < -0.4 is 15.2 Å². The number of hydrogen-bond acceptors (Lipinski definition) is 4. The molecule has 1 heterocycles. The zero-order chi connectivity index (χ0) is 17.1. The Labute approximate surface area is 140 Å². The second kappa shape index (κ2) is 6.58. The Morgan fingerprint density at radius 2 is 1.88 bits per heavy atom. The molecule has 0 spiro atoms. The van der Waals surface area contributed by atoms with E-state index in [1.807, 2.05) is 42.5 Å². The van der Waals surface area contributed by atoms with Crippen molar-refractivity contribution in [3.05, 3.63) is 54.9 Å². The first kappa shape index (κ1) is 15.8. The van der Waals surface area contributed by atoms with E-state index in [0.717, 1.165) is 21.9 Å². The van der Waals surface area contributed by atoms with Crippen molar-refractivity contribution in [1.82, 2.24) is 4.98 Å². The lowest BCUT2D eigenvalue weighted by atomic mass is 9.98. The smallest absolute Gasteiger partial charge is 0.258 e. The van der Waals surface area contributed by atoms with Gasteiger partial charge in [0.2, 0.25) is 0 Å². The van der Waals surface area contributed by atoms with E-state index < -0.39 is 12.0 Å². The fourth-order valence-electron chi connectivity index (χ4n) is 2.55. The molecule has 0 fully saturated rings. The van der Waals surface area contributed by atoms with Gasteiger partial charge in [-0.05, 0) is 36.1 Å². The third kappa shape index (κ3) is 3.01. The van der Waals surface area contributed by atoms with Gasteiger partial charge in [-0.25, -0.2) is 0 Å². The maximum atomic E-state index is 11.3. The quantitative estimate of drug-likeness (QED) is 0.783. The summed E-state index contributed by atoms with van der Waals surface area (Å²) in [7, 11) is 1.61. The van der Waals surface area contributed by atoms with E-state index in [2.05, 4.69) is 4.98 Å². The van der Waals surface area contributed by atoms with Crippen LogP contribution in [0.15, 0.2) is 54.9 Å². The molecular weight excluding hydrogens is 304 g/mol. The molecule has 0 saturated carbocycles. The Morgan fingerprint density at radius 3 is 2.58 bits per heavy atom. The molecule has 3 aromatic rings. The molecule has 0 bridgehead atoms. The van der Waals surface area contributed by atoms with Crippen molar-refractivity contribution in [2.24, 2.45) is 5.73 Å². The van der Waals surface area contributed by atoms with E-state index >= 15 is 0 Å². The minimum Gasteiger partial charge on any atom is -0.495 e. The van der Waals surface area contributed by atoms with Crippen LogP contribution in [-0.2, 0) is 4.79 Å². The Morgan fingerprint density at radius 1 is 1.12 bits per heavy atom. The van der Waals surface area contributed by atoms with E-state index in [9.17, 15) is 4.79 Å². The number of ether oxygens (including phenoxy) is 2. The first-order valence-electron chi connectivity index (χ1n) is 7.57. The van der Waals surface area contributed by atoms with Gasteiger partial charge in [0, 0.05) is 17.1 Å². The number of carbonyl (C=O) groups excluding carboxylic acids is 1. The van der Waals surface area contributed by atoms with E-state index in [1.165, 1.54) is 0 Å². The van der Waals surface area contributed by atoms with Crippen LogP contribution >= 0.6 is 0 Å². The number of nitrogens with two attached hydrogens (primary N) is 1. The average Bonchev–Trinajstić information content (AvgIpc) is 2.62. The summed E-state index contributed by atoms with van der Waals surface area (Å²) in [4.78, 5) is 15.5. The van der Waals surface area contributed by atoms with Gasteiger partial charge in [0.25, 0.3) is 5.91 Å². The predicted molar refractivity (Wildman–Crippen MR) is 93.0 cm³/mol. The summed E-state index contributed by atoms with van der Waals surface area (Å²) in [6.45, 7) is 1.64. The van der Waals surface area contributed by atoms with E-state index in [1.54, 1.807) is 26.4 Å². The third-order valence-electron chi connectivity index (χ3n) is 3.85. The Kier molecular flexibility index (Phi) is 4.33. The van der Waals surface area contributed by atoms with Gasteiger partial charge in [-0.1, -0.05) is 24.3 Å². The standard InChI is InChI=1S/C19H18N2O3/c1-12(19(20)22)24-18-8-7-15(16-5-3-4-6-17(16)18)13-9-14(23-2)11-21-10-13/h3-12H,1-2H3,(H2,20,22). The van der Waals surface area contributed by atoms with Crippen molar-refractivity contribution in [3.63, 3.8) is 0 Å². The lowest BCUT2D eigenvalue weighted by Crippen LogP contribution is -2.30. The van der Waals surface area contributed by atoms with Gasteiger partial charge in [0.05, 0.1) is 13.3 Å². The first-order valence-corrected chi connectivity index (χ1v) is 7.57. The molecule has 3 rings (SSSR count). The largest absolute Gasteiger partial charge is 0.495 e. The predicted octanol–water partition coefficient (Wildman–Crippen LogP) is 3.16. The number of nitrogens with zero attached hydrogens (tertiary/aromatic N) is 1. The Balaban J connectivity index is 2.13. The molecule has 0 aliphatic carbocycles. The Hall–Kier alpha value is -3.08. The van der Waals surface area contributed by atoms with Crippen LogP contribution in [0.4, 0.5) is 0 Å². The summed E-state index contributed by atoms with van der Waals surface area (Å²) in [6, 6.07) is 13.6. The van der Waals surface area contributed by atoms with Crippen molar-refractivity contribution in [2.75, 3.05) is 7.11 Å². The van der Waals surface area contributed by atoms with Gasteiger partial charge in [-0.15, -0.1) is 0 Å². The number of benzene rings is 2. The second-order valence-electron chi connectivity index (χ2n) is 5.43. The molecule has 0 aliphatic rings. The summed E-state index contributed by atoms with van der Waals surface area (Å²) in [5.74, 6) is 0.816. The topological polar surface area (TPSA) is 74.4 Å².